The van der Waals surface area contributed by atoms with Crippen LogP contribution in [0.5, 0.6) is 0 Å². The summed E-state index contributed by atoms with van der Waals surface area (Å²) in [7, 11) is -5.17. The highest BCUT2D eigenvalue weighted by Gasteiger charge is 2.51. The zero-order valence-electron chi connectivity index (χ0n) is 36.4. The zero-order valence-corrected chi connectivity index (χ0v) is 37.2. The molecule has 1 rings (SSSR count). The van der Waals surface area contributed by atoms with E-state index in [1.807, 2.05) is 12.2 Å². The fourth-order valence-corrected chi connectivity index (χ4v) is 7.50. The van der Waals surface area contributed by atoms with Gasteiger partial charge in [-0.2, -0.15) is 0 Å². The minimum atomic E-state index is -5.17. The Morgan fingerprint density at radius 1 is 0.600 bits per heavy atom. The van der Waals surface area contributed by atoms with Crippen molar-refractivity contribution >= 4 is 19.8 Å². The summed E-state index contributed by atoms with van der Waals surface area (Å²) >= 11 is 0. The number of carbonyl (C=O) groups excluding carboxylic acids is 2. The predicted octanol–water partition coefficient (Wildman–Crippen LogP) is 7.36. The van der Waals surface area contributed by atoms with E-state index in [1.54, 1.807) is 12.2 Å². The Morgan fingerprint density at radius 3 is 1.70 bits per heavy atom. The number of aliphatic hydroxyl groups excluding tert-OH is 6. The van der Waals surface area contributed by atoms with Crippen LogP contribution in [0.1, 0.15) is 162 Å². The summed E-state index contributed by atoms with van der Waals surface area (Å²) in [4.78, 5) is 35.6. The van der Waals surface area contributed by atoms with Crippen molar-refractivity contribution in [2.45, 2.75) is 210 Å². The second-order valence-electron chi connectivity index (χ2n) is 15.7. The van der Waals surface area contributed by atoms with E-state index in [-0.39, 0.29) is 25.7 Å². The SMILES string of the molecule is CCCCCC/C=C\CCCCCCCC(=O)OC[C@H](COP(=O)(O)OC1[C@H](O)[C@H](O)C(O)[C@H](O)[C@H]1O)OC(=O)CCCC(O)/C=C/C=C/C/C=C/CCCCCCCC. The van der Waals surface area contributed by atoms with Crippen LogP contribution in [-0.4, -0.2) is 110 Å². The first-order valence-corrected chi connectivity index (χ1v) is 24.0. The summed E-state index contributed by atoms with van der Waals surface area (Å²) in [5.41, 5.74) is 0. The standard InChI is InChI=1S/C45H79O14P/c1-3-5-7-9-11-13-15-17-19-21-23-25-27-30-36(46)31-29-33-39(48)58-37(35-57-60(54,55)59-45-43(52)41(50)40(49)42(51)44(45)53)34-56-38(47)32-28-26-24-22-20-18-16-14-12-10-8-6-4-2/h14,16-17,19,23,25,27,30,36-37,40-46,49-53H,3-13,15,18,20-22,24,26,28-29,31-35H2,1-2H3,(H,54,55)/b16-14-,19-17+,25-23+,30-27+/t36?,37-,40?,41-,42+,43-,44-,45?/m1/s1. The molecule has 348 valence electrons. The lowest BCUT2D eigenvalue weighted by atomic mass is 9.85. The maximum atomic E-state index is 12.8. The fourth-order valence-electron chi connectivity index (χ4n) is 6.53. The molecule has 15 heteroatoms. The molecule has 9 atom stereocenters. The van der Waals surface area contributed by atoms with Crippen molar-refractivity contribution in [1.82, 2.24) is 0 Å². The van der Waals surface area contributed by atoms with E-state index in [0.717, 1.165) is 51.4 Å². The second-order valence-corrected chi connectivity index (χ2v) is 17.2. The van der Waals surface area contributed by atoms with E-state index in [0.29, 0.717) is 6.42 Å². The van der Waals surface area contributed by atoms with Gasteiger partial charge in [-0.15, -0.1) is 0 Å². The van der Waals surface area contributed by atoms with Gasteiger partial charge in [0.05, 0.1) is 12.7 Å². The van der Waals surface area contributed by atoms with Crippen LogP contribution in [-0.2, 0) is 32.7 Å². The molecule has 0 spiro atoms. The van der Waals surface area contributed by atoms with Gasteiger partial charge in [0.15, 0.2) is 6.10 Å². The molecule has 0 aromatic carbocycles. The smallest absolute Gasteiger partial charge is 0.462 e. The number of esters is 2. The molecule has 0 aliphatic heterocycles. The monoisotopic (exact) mass is 875 g/mol. The van der Waals surface area contributed by atoms with Crippen molar-refractivity contribution in [3.05, 3.63) is 48.6 Å². The van der Waals surface area contributed by atoms with Crippen LogP contribution in [0.25, 0.3) is 0 Å². The van der Waals surface area contributed by atoms with E-state index in [2.05, 4.69) is 38.2 Å². The number of phosphoric ester groups is 1. The Hall–Kier alpha value is -2.23. The fraction of sp³-hybridized carbons (Fsp3) is 0.778. The molecule has 0 aromatic rings. The van der Waals surface area contributed by atoms with E-state index < -0.39 is 81.8 Å². The molecule has 1 saturated carbocycles. The molecule has 0 aromatic heterocycles. The molecule has 0 radical (unpaired) electrons. The predicted molar refractivity (Wildman–Crippen MR) is 232 cm³/mol. The van der Waals surface area contributed by atoms with Crippen LogP contribution in [0.3, 0.4) is 0 Å². The molecule has 4 unspecified atom stereocenters. The van der Waals surface area contributed by atoms with Gasteiger partial charge in [0.1, 0.15) is 43.2 Å². The Kier molecular flexibility index (Phi) is 32.8. The van der Waals surface area contributed by atoms with Crippen molar-refractivity contribution < 1.29 is 68.2 Å². The van der Waals surface area contributed by atoms with Crippen molar-refractivity contribution in [1.29, 1.82) is 0 Å². The minimum absolute atomic E-state index is 0.116. The normalized spacial score (nSPS) is 23.1. The molecular weight excluding hydrogens is 795 g/mol. The first-order chi connectivity index (χ1) is 28.8. The number of allylic oxidation sites excluding steroid dienone is 7. The van der Waals surface area contributed by atoms with Gasteiger partial charge in [-0.3, -0.25) is 18.6 Å². The average molecular weight is 875 g/mol. The molecule has 1 aliphatic rings. The molecule has 60 heavy (non-hydrogen) atoms. The highest BCUT2D eigenvalue weighted by Crippen LogP contribution is 2.47. The number of rotatable bonds is 36. The molecule has 0 bridgehead atoms. The quantitative estimate of drug-likeness (QED) is 0.0107. The largest absolute Gasteiger partial charge is 0.472 e. The van der Waals surface area contributed by atoms with Crippen molar-refractivity contribution in [2.24, 2.45) is 0 Å². The maximum Gasteiger partial charge on any atom is 0.472 e. The summed E-state index contributed by atoms with van der Waals surface area (Å²) in [6, 6.07) is 0. The maximum absolute atomic E-state index is 12.8. The summed E-state index contributed by atoms with van der Waals surface area (Å²) < 4.78 is 33.3. The number of ether oxygens (including phenoxy) is 2. The van der Waals surface area contributed by atoms with Gasteiger partial charge in [0.25, 0.3) is 0 Å². The zero-order chi connectivity index (χ0) is 44.4. The molecular formula is C45H79O14P. The third-order valence-corrected chi connectivity index (χ3v) is 11.2. The highest BCUT2D eigenvalue weighted by molar-refractivity contribution is 7.47. The van der Waals surface area contributed by atoms with Crippen molar-refractivity contribution in [2.75, 3.05) is 13.2 Å². The molecule has 0 amide bonds. The van der Waals surface area contributed by atoms with Crippen LogP contribution in [0.2, 0.25) is 0 Å². The van der Waals surface area contributed by atoms with Gasteiger partial charge >= 0.3 is 19.8 Å². The van der Waals surface area contributed by atoms with Crippen molar-refractivity contribution in [3.8, 4) is 0 Å². The van der Waals surface area contributed by atoms with Gasteiger partial charge in [-0.05, 0) is 64.2 Å². The Labute approximate surface area is 359 Å². The van der Waals surface area contributed by atoms with Crippen LogP contribution >= 0.6 is 7.82 Å². The van der Waals surface area contributed by atoms with Crippen LogP contribution in [0.4, 0.5) is 0 Å². The number of aliphatic hydroxyl groups is 6. The summed E-state index contributed by atoms with van der Waals surface area (Å²) in [6.45, 7) is 3.09. The number of carbonyl (C=O) groups is 2. The summed E-state index contributed by atoms with van der Waals surface area (Å²) in [5.74, 6) is -1.31. The van der Waals surface area contributed by atoms with Crippen LogP contribution in [0, 0.1) is 0 Å². The third-order valence-electron chi connectivity index (χ3n) is 10.2. The molecule has 1 fully saturated rings. The van der Waals surface area contributed by atoms with E-state index >= 15 is 0 Å². The first-order valence-electron chi connectivity index (χ1n) is 22.5. The number of hydrogen-bond donors (Lipinski definition) is 7. The Balaban J connectivity index is 2.58. The Bertz CT molecular complexity index is 1260. The second kappa shape index (κ2) is 35.3. The van der Waals surface area contributed by atoms with Crippen LogP contribution in [0.15, 0.2) is 48.6 Å². The first kappa shape index (κ1) is 55.8. The topological polar surface area (TPSA) is 230 Å². The minimum Gasteiger partial charge on any atom is -0.462 e. The van der Waals surface area contributed by atoms with E-state index in [4.69, 9.17) is 18.5 Å². The molecule has 7 N–H and O–H groups in total. The van der Waals surface area contributed by atoms with Gasteiger partial charge in [0, 0.05) is 12.8 Å². The lowest BCUT2D eigenvalue weighted by Gasteiger charge is -2.41. The number of unbranched alkanes of at least 4 members (excludes halogenated alkanes) is 15. The van der Waals surface area contributed by atoms with Crippen molar-refractivity contribution in [3.63, 3.8) is 0 Å². The lowest BCUT2D eigenvalue weighted by Crippen LogP contribution is -2.64. The molecule has 1 aliphatic carbocycles. The lowest BCUT2D eigenvalue weighted by molar-refractivity contribution is -0.220. The van der Waals surface area contributed by atoms with Gasteiger partial charge in [0.2, 0.25) is 0 Å². The highest BCUT2D eigenvalue weighted by atomic mass is 31.2. The average Bonchev–Trinajstić information content (AvgIpc) is 3.22. The van der Waals surface area contributed by atoms with E-state index in [1.165, 1.54) is 64.2 Å². The molecule has 0 heterocycles. The summed E-state index contributed by atoms with van der Waals surface area (Å²) in [6.07, 6.45) is 23.3. The summed E-state index contributed by atoms with van der Waals surface area (Å²) in [5, 5.41) is 60.4. The van der Waals surface area contributed by atoms with Crippen LogP contribution < -0.4 is 0 Å². The number of phosphoric acid groups is 1. The molecule has 0 saturated heterocycles. The van der Waals surface area contributed by atoms with Gasteiger partial charge in [-0.25, -0.2) is 4.57 Å². The van der Waals surface area contributed by atoms with Gasteiger partial charge < -0.3 is 45.0 Å². The number of hydrogen-bond acceptors (Lipinski definition) is 13. The Morgan fingerprint density at radius 2 is 1.10 bits per heavy atom. The molecule has 14 nitrogen and oxygen atoms in total. The van der Waals surface area contributed by atoms with E-state index in [9.17, 15) is 49.7 Å². The third kappa shape index (κ3) is 27.7. The van der Waals surface area contributed by atoms with Gasteiger partial charge in [-0.1, -0.05) is 133 Å².